The molecule has 5 heterocycles. The molecule has 2 aromatic carbocycles. The molecule has 3 aromatic heterocycles. The molecule has 0 saturated carbocycles. The lowest BCUT2D eigenvalue weighted by molar-refractivity contribution is 0.570. The van der Waals surface area contributed by atoms with E-state index in [4.69, 9.17) is 9.97 Å². The Bertz CT molecular complexity index is 2660. The molecule has 354 valence electrons. The first kappa shape index (κ1) is 49.9. The lowest BCUT2D eigenvalue weighted by atomic mass is 9.90. The molecule has 0 spiro atoms. The molecule has 7 rings (SSSR count). The van der Waals surface area contributed by atoms with E-state index in [2.05, 4.69) is 184 Å². The van der Waals surface area contributed by atoms with Gasteiger partial charge in [0.15, 0.2) is 0 Å². The minimum atomic E-state index is 0.322. The van der Waals surface area contributed by atoms with Crippen LogP contribution in [0.2, 0.25) is 0 Å². The summed E-state index contributed by atoms with van der Waals surface area (Å²) in [5.41, 5.74) is 16.6. The second-order valence-corrected chi connectivity index (χ2v) is 19.1. The van der Waals surface area contributed by atoms with Crippen molar-refractivity contribution in [2.45, 2.75) is 163 Å². The molecule has 0 saturated heterocycles. The highest BCUT2D eigenvalue weighted by molar-refractivity contribution is 5.86. The van der Waals surface area contributed by atoms with E-state index < -0.39 is 0 Å². The number of hydrogen-bond acceptors (Lipinski definition) is 3. The zero-order chi connectivity index (χ0) is 47.7. The third-order valence-corrected chi connectivity index (χ3v) is 14.0. The molecule has 2 aliphatic heterocycles. The maximum atomic E-state index is 5.47. The molecule has 5 heteroatoms. The van der Waals surface area contributed by atoms with Crippen LogP contribution in [0.25, 0.3) is 46.4 Å². The average molecular weight is 904 g/mol. The number of aromatic nitrogens is 4. The molecule has 2 atom stereocenters. The van der Waals surface area contributed by atoms with Crippen LogP contribution in [-0.2, 0) is 0 Å². The van der Waals surface area contributed by atoms with E-state index in [9.17, 15) is 0 Å². The number of nitrogens with one attached hydrogen (secondary N) is 2. The predicted molar refractivity (Wildman–Crippen MR) is 294 cm³/mol. The minimum absolute atomic E-state index is 0.322. The summed E-state index contributed by atoms with van der Waals surface area (Å²) in [7, 11) is 0. The third-order valence-electron chi connectivity index (χ3n) is 14.0. The van der Waals surface area contributed by atoms with Crippen LogP contribution in [0.3, 0.4) is 0 Å². The van der Waals surface area contributed by atoms with Crippen molar-refractivity contribution in [3.8, 4) is 23.7 Å². The Morgan fingerprint density at radius 3 is 1.32 bits per heavy atom. The molecule has 2 aliphatic rings. The largest absolute Gasteiger partial charge is 0.372 e. The van der Waals surface area contributed by atoms with Gasteiger partial charge in [0.2, 0.25) is 0 Å². The molecule has 8 bridgehead atoms. The Balaban J connectivity index is 1.45. The van der Waals surface area contributed by atoms with E-state index in [1.54, 1.807) is 0 Å². The van der Waals surface area contributed by atoms with Gasteiger partial charge in [-0.25, -0.2) is 9.97 Å². The van der Waals surface area contributed by atoms with Gasteiger partial charge in [0, 0.05) is 52.1 Å². The molecule has 0 fully saturated rings. The Morgan fingerprint density at radius 2 is 0.868 bits per heavy atom. The zero-order valence-corrected chi connectivity index (χ0v) is 42.5. The summed E-state index contributed by atoms with van der Waals surface area (Å²) >= 11 is 0. The van der Waals surface area contributed by atoms with Gasteiger partial charge in [-0.05, 0) is 142 Å². The van der Waals surface area contributed by atoms with Crippen LogP contribution < -0.4 is 4.90 Å². The quantitative estimate of drug-likeness (QED) is 0.0558. The monoisotopic (exact) mass is 904 g/mol. The number of anilines is 1. The molecule has 0 amide bonds. The molecular formula is C63H77N5. The molecule has 5 aromatic rings. The van der Waals surface area contributed by atoms with Gasteiger partial charge in [-0.15, -0.1) is 0 Å². The van der Waals surface area contributed by atoms with Crippen LogP contribution in [0, 0.1) is 30.6 Å². The predicted octanol–water partition coefficient (Wildman–Crippen LogP) is 17.1. The van der Waals surface area contributed by atoms with Crippen LogP contribution in [-0.4, -0.2) is 33.0 Å². The average Bonchev–Trinajstić information content (AvgIpc) is 4.22. The maximum Gasteiger partial charge on any atom is 0.0816 e. The normalized spacial score (nSPS) is 12.6. The highest BCUT2D eigenvalue weighted by Crippen LogP contribution is 2.36. The van der Waals surface area contributed by atoms with E-state index >= 15 is 0 Å². The summed E-state index contributed by atoms with van der Waals surface area (Å²) in [5.74, 6) is 15.1. The van der Waals surface area contributed by atoms with Crippen LogP contribution in [0.4, 0.5) is 5.69 Å². The molecule has 2 unspecified atom stereocenters. The first-order chi connectivity index (χ1) is 33.4. The summed E-state index contributed by atoms with van der Waals surface area (Å²) < 4.78 is 0. The summed E-state index contributed by atoms with van der Waals surface area (Å²) in [6.45, 7) is 18.1. The fraction of sp³-hybridized carbons (Fsp3) is 0.429. The number of H-pyrrole nitrogens is 2. The smallest absolute Gasteiger partial charge is 0.0816 e. The molecule has 0 radical (unpaired) electrons. The topological polar surface area (TPSA) is 60.6 Å². The summed E-state index contributed by atoms with van der Waals surface area (Å²) in [6.07, 6.45) is 27.7. The SMILES string of the molecule is CCCCCCN(CCCCCC)c1ccc(C#Cc2c3ccc([nH]3)c(C(CC)CCCC)c3nc(c(C#Cc4ccc(C)cc4)c4nc(c(C(CC)CCCC)c5ccc2[nH]5)C=C4)C=C3)cc1. The fourth-order valence-corrected chi connectivity index (χ4v) is 9.87. The summed E-state index contributed by atoms with van der Waals surface area (Å²) in [5, 5.41) is 0. The number of nitrogens with zero attached hydrogens (tertiary/aromatic N) is 3. The van der Waals surface area contributed by atoms with Crippen molar-refractivity contribution in [1.29, 1.82) is 0 Å². The standard InChI is InChI=1S/C63H77N5/c1-8-14-18-20-44-68(45-21-19-15-9-2)51-32-28-48(29-33-51)31-35-53-56-38-42-60(66-56)62(49(12-5)22-16-10-3)58-40-36-54(64-58)52(34-30-47-26-24-46(7)25-27-47)55-37-41-59(65-55)63(50(13-6)23-17-11-4)61-43-39-57(53)67-61/h24-29,32-33,36-43,49-50,66-67H,8-23,44-45H2,1-7H3. The van der Waals surface area contributed by atoms with Gasteiger partial charge in [0.25, 0.3) is 0 Å². The van der Waals surface area contributed by atoms with Crippen molar-refractivity contribution in [1.82, 2.24) is 19.9 Å². The Morgan fingerprint density at radius 1 is 0.441 bits per heavy atom. The number of aryl methyl sites for hydroxylation is 1. The fourth-order valence-electron chi connectivity index (χ4n) is 9.87. The van der Waals surface area contributed by atoms with E-state index in [0.717, 1.165) is 132 Å². The number of rotatable bonds is 21. The summed E-state index contributed by atoms with van der Waals surface area (Å²) in [6, 6.07) is 26.4. The minimum Gasteiger partial charge on any atom is -0.372 e. The number of benzene rings is 2. The Labute approximate surface area is 409 Å². The number of fused-ring (bicyclic) bond motifs is 8. The number of unbranched alkanes of at least 4 members (excludes halogenated alkanes) is 8. The van der Waals surface area contributed by atoms with Crippen molar-refractivity contribution >= 4 is 52.1 Å². The van der Waals surface area contributed by atoms with Crippen LogP contribution in [0.5, 0.6) is 0 Å². The van der Waals surface area contributed by atoms with Gasteiger partial charge in [-0.2, -0.15) is 0 Å². The van der Waals surface area contributed by atoms with Gasteiger partial charge in [-0.1, -0.05) is 147 Å². The first-order valence-electron chi connectivity index (χ1n) is 26.5. The van der Waals surface area contributed by atoms with Crippen LogP contribution >= 0.6 is 0 Å². The Kier molecular flexibility index (Phi) is 18.6. The van der Waals surface area contributed by atoms with Crippen molar-refractivity contribution < 1.29 is 0 Å². The molecular weight excluding hydrogens is 827 g/mol. The highest BCUT2D eigenvalue weighted by Gasteiger charge is 2.22. The van der Waals surface area contributed by atoms with Gasteiger partial charge in [0.1, 0.15) is 0 Å². The van der Waals surface area contributed by atoms with E-state index in [-0.39, 0.29) is 0 Å². The van der Waals surface area contributed by atoms with Crippen molar-refractivity contribution in [3.63, 3.8) is 0 Å². The lowest BCUT2D eigenvalue weighted by Crippen LogP contribution is -2.25. The van der Waals surface area contributed by atoms with Gasteiger partial charge >= 0.3 is 0 Å². The third kappa shape index (κ3) is 12.7. The van der Waals surface area contributed by atoms with E-state index in [1.807, 2.05) is 0 Å². The van der Waals surface area contributed by atoms with Crippen molar-refractivity contribution in [3.05, 3.63) is 135 Å². The lowest BCUT2D eigenvalue weighted by Gasteiger charge is -2.25. The van der Waals surface area contributed by atoms with Gasteiger partial charge in [0.05, 0.1) is 44.9 Å². The zero-order valence-electron chi connectivity index (χ0n) is 42.5. The van der Waals surface area contributed by atoms with Crippen molar-refractivity contribution in [2.75, 3.05) is 18.0 Å². The van der Waals surface area contributed by atoms with Gasteiger partial charge < -0.3 is 14.9 Å². The van der Waals surface area contributed by atoms with Crippen LogP contribution in [0.15, 0.2) is 72.8 Å². The number of hydrogen-bond donors (Lipinski definition) is 2. The molecule has 0 aliphatic carbocycles. The maximum absolute atomic E-state index is 5.47. The highest BCUT2D eigenvalue weighted by atomic mass is 15.1. The first-order valence-corrected chi connectivity index (χ1v) is 26.5. The second kappa shape index (κ2) is 25.4. The van der Waals surface area contributed by atoms with Crippen LogP contribution in [0.1, 0.15) is 218 Å². The Hall–Kier alpha value is -6.04. The molecule has 68 heavy (non-hydrogen) atoms. The summed E-state index contributed by atoms with van der Waals surface area (Å²) in [4.78, 5) is 21.4. The second-order valence-electron chi connectivity index (χ2n) is 19.1. The van der Waals surface area contributed by atoms with E-state index in [1.165, 1.54) is 73.7 Å². The van der Waals surface area contributed by atoms with Crippen molar-refractivity contribution in [2.24, 2.45) is 0 Å². The molecule has 2 N–H and O–H groups in total. The van der Waals surface area contributed by atoms with Gasteiger partial charge in [-0.3, -0.25) is 0 Å². The van der Waals surface area contributed by atoms with E-state index in [0.29, 0.717) is 11.8 Å². The number of aromatic amines is 2. The molecule has 5 nitrogen and oxygen atoms in total.